The molecular formula is C22H23ClN4O3. The molecule has 8 heteroatoms. The van der Waals surface area contributed by atoms with E-state index in [1.165, 1.54) is 11.8 Å². The Morgan fingerprint density at radius 2 is 1.83 bits per heavy atom. The molecule has 3 aromatic rings. The number of amides is 1. The van der Waals surface area contributed by atoms with Crippen molar-refractivity contribution in [2.24, 2.45) is 7.05 Å². The van der Waals surface area contributed by atoms with Gasteiger partial charge in [-0.15, -0.1) is 0 Å². The number of aromatic nitrogens is 3. The van der Waals surface area contributed by atoms with Gasteiger partial charge in [0.05, 0.1) is 18.4 Å². The van der Waals surface area contributed by atoms with Crippen LogP contribution in [0.2, 0.25) is 5.02 Å². The van der Waals surface area contributed by atoms with E-state index in [1.807, 2.05) is 30.3 Å². The van der Waals surface area contributed by atoms with Crippen LogP contribution in [-0.2, 0) is 7.05 Å². The molecule has 156 valence electrons. The molecule has 0 spiro atoms. The minimum atomic E-state index is -0.168. The third-order valence-corrected chi connectivity index (χ3v) is 5.74. The Balaban J connectivity index is 1.55. The first-order chi connectivity index (χ1) is 14.5. The summed E-state index contributed by atoms with van der Waals surface area (Å²) in [6.07, 6.45) is 1.44. The summed E-state index contributed by atoms with van der Waals surface area (Å²) in [6.45, 7) is 1.14. The zero-order valence-electron chi connectivity index (χ0n) is 16.9. The third kappa shape index (κ3) is 3.73. The molecule has 0 radical (unpaired) electrons. The molecule has 1 saturated heterocycles. The van der Waals surface area contributed by atoms with E-state index in [-0.39, 0.29) is 17.5 Å². The van der Waals surface area contributed by atoms with Gasteiger partial charge < -0.3 is 9.64 Å². The highest BCUT2D eigenvalue weighted by molar-refractivity contribution is 6.31. The van der Waals surface area contributed by atoms with Gasteiger partial charge in [-0.05, 0) is 43.2 Å². The van der Waals surface area contributed by atoms with E-state index in [9.17, 15) is 9.59 Å². The zero-order valence-corrected chi connectivity index (χ0v) is 17.7. The average molecular weight is 427 g/mol. The van der Waals surface area contributed by atoms with Gasteiger partial charge in [0.25, 0.3) is 5.91 Å². The number of para-hydroxylation sites is 1. The number of hydrogen-bond acceptors (Lipinski definition) is 4. The number of aryl methyl sites for hydroxylation is 1. The highest BCUT2D eigenvalue weighted by Gasteiger charge is 2.30. The van der Waals surface area contributed by atoms with Gasteiger partial charge in [-0.3, -0.25) is 4.79 Å². The van der Waals surface area contributed by atoms with E-state index in [0.29, 0.717) is 29.4 Å². The summed E-state index contributed by atoms with van der Waals surface area (Å²) in [5, 5.41) is 5.00. The van der Waals surface area contributed by atoms with Gasteiger partial charge in [0.1, 0.15) is 11.6 Å². The van der Waals surface area contributed by atoms with Crippen molar-refractivity contribution in [3.05, 3.63) is 75.4 Å². The van der Waals surface area contributed by atoms with Gasteiger partial charge in [0, 0.05) is 31.1 Å². The number of piperidine rings is 1. The standard InChI is InChI=1S/C22H23ClN4O3/c1-25-22(29)27(17-6-4-3-5-7-17)20(24-25)15-10-12-26(13-11-15)21(28)18-14-16(23)8-9-19(18)30-2/h3-9,14-15H,10-13H2,1-2H3. The topological polar surface area (TPSA) is 69.4 Å². The maximum absolute atomic E-state index is 13.0. The predicted molar refractivity (Wildman–Crippen MR) is 115 cm³/mol. The molecule has 0 unspecified atom stereocenters. The summed E-state index contributed by atoms with van der Waals surface area (Å²) >= 11 is 6.08. The fraction of sp³-hybridized carbons (Fsp3) is 0.318. The number of halogens is 1. The van der Waals surface area contributed by atoms with Gasteiger partial charge in [-0.2, -0.15) is 5.10 Å². The molecule has 2 aromatic carbocycles. The maximum Gasteiger partial charge on any atom is 0.350 e. The van der Waals surface area contributed by atoms with E-state index in [1.54, 1.807) is 34.7 Å². The molecule has 7 nitrogen and oxygen atoms in total. The Morgan fingerprint density at radius 1 is 1.13 bits per heavy atom. The van der Waals surface area contributed by atoms with Crippen molar-refractivity contribution in [2.45, 2.75) is 18.8 Å². The monoisotopic (exact) mass is 426 g/mol. The Kier molecular flexibility index (Phi) is 5.63. The van der Waals surface area contributed by atoms with Crippen LogP contribution in [0.25, 0.3) is 5.69 Å². The minimum Gasteiger partial charge on any atom is -0.496 e. The normalized spacial score (nSPS) is 14.7. The largest absolute Gasteiger partial charge is 0.496 e. The molecule has 4 rings (SSSR count). The third-order valence-electron chi connectivity index (χ3n) is 5.50. The molecule has 1 aliphatic rings. The van der Waals surface area contributed by atoms with Crippen LogP contribution in [0.1, 0.15) is 34.9 Å². The molecule has 2 heterocycles. The summed E-state index contributed by atoms with van der Waals surface area (Å²) in [7, 11) is 3.20. The molecule has 1 fully saturated rings. The summed E-state index contributed by atoms with van der Waals surface area (Å²) in [5.41, 5.74) is 1.09. The van der Waals surface area contributed by atoms with Gasteiger partial charge in [0.15, 0.2) is 0 Å². The van der Waals surface area contributed by atoms with E-state index in [4.69, 9.17) is 16.3 Å². The van der Waals surface area contributed by atoms with E-state index in [2.05, 4.69) is 5.10 Å². The van der Waals surface area contributed by atoms with Crippen LogP contribution in [0.5, 0.6) is 5.75 Å². The van der Waals surface area contributed by atoms with Crippen LogP contribution in [0, 0.1) is 0 Å². The molecule has 0 aliphatic carbocycles. The van der Waals surface area contributed by atoms with Crippen LogP contribution in [0.4, 0.5) is 0 Å². The minimum absolute atomic E-state index is 0.0874. The first-order valence-electron chi connectivity index (χ1n) is 9.83. The number of benzene rings is 2. The lowest BCUT2D eigenvalue weighted by atomic mass is 9.95. The molecular weight excluding hydrogens is 404 g/mol. The van der Waals surface area contributed by atoms with Crippen LogP contribution < -0.4 is 10.4 Å². The van der Waals surface area contributed by atoms with Crippen LogP contribution in [0.3, 0.4) is 0 Å². The van der Waals surface area contributed by atoms with E-state index in [0.717, 1.165) is 24.4 Å². The zero-order chi connectivity index (χ0) is 21.3. The predicted octanol–water partition coefficient (Wildman–Crippen LogP) is 3.25. The number of methoxy groups -OCH3 is 1. The number of carbonyl (C=O) groups is 1. The fourth-order valence-corrected chi connectivity index (χ4v) is 4.10. The maximum atomic E-state index is 13.0. The lowest BCUT2D eigenvalue weighted by molar-refractivity contribution is 0.0707. The lowest BCUT2D eigenvalue weighted by Gasteiger charge is -2.32. The Bertz CT molecular complexity index is 1120. The molecule has 1 aliphatic heterocycles. The summed E-state index contributed by atoms with van der Waals surface area (Å²) in [6, 6.07) is 14.6. The number of nitrogens with zero attached hydrogens (tertiary/aromatic N) is 4. The number of likely N-dealkylation sites (tertiary alicyclic amines) is 1. The van der Waals surface area contributed by atoms with Crippen molar-refractivity contribution in [1.82, 2.24) is 19.2 Å². The van der Waals surface area contributed by atoms with Gasteiger partial charge in [0.2, 0.25) is 0 Å². The second-order valence-electron chi connectivity index (χ2n) is 7.35. The average Bonchev–Trinajstić information content (AvgIpc) is 3.08. The van der Waals surface area contributed by atoms with Gasteiger partial charge in [-0.25, -0.2) is 14.0 Å². The van der Waals surface area contributed by atoms with Crippen molar-refractivity contribution in [3.63, 3.8) is 0 Å². The molecule has 0 N–H and O–H groups in total. The van der Waals surface area contributed by atoms with Crippen LogP contribution in [-0.4, -0.2) is 45.4 Å². The van der Waals surface area contributed by atoms with Gasteiger partial charge >= 0.3 is 5.69 Å². The van der Waals surface area contributed by atoms with Crippen molar-refractivity contribution < 1.29 is 9.53 Å². The summed E-state index contributed by atoms with van der Waals surface area (Å²) < 4.78 is 8.37. The Morgan fingerprint density at radius 3 is 2.50 bits per heavy atom. The summed E-state index contributed by atoms with van der Waals surface area (Å²) in [4.78, 5) is 27.5. The first-order valence-corrected chi connectivity index (χ1v) is 10.2. The van der Waals surface area contributed by atoms with Gasteiger partial charge in [-0.1, -0.05) is 29.8 Å². The number of carbonyl (C=O) groups excluding carboxylic acids is 1. The lowest BCUT2D eigenvalue weighted by Crippen LogP contribution is -2.38. The Hall–Kier alpha value is -3.06. The van der Waals surface area contributed by atoms with Crippen molar-refractivity contribution >= 4 is 17.5 Å². The second-order valence-corrected chi connectivity index (χ2v) is 7.78. The molecule has 0 bridgehead atoms. The smallest absolute Gasteiger partial charge is 0.350 e. The van der Waals surface area contributed by atoms with Crippen molar-refractivity contribution in [1.29, 1.82) is 0 Å². The van der Waals surface area contributed by atoms with E-state index < -0.39 is 0 Å². The quantitative estimate of drug-likeness (QED) is 0.642. The number of rotatable bonds is 4. The molecule has 0 atom stereocenters. The van der Waals surface area contributed by atoms with Crippen LogP contribution >= 0.6 is 11.6 Å². The Labute approximate surface area is 179 Å². The molecule has 30 heavy (non-hydrogen) atoms. The first kappa shape index (κ1) is 20.2. The highest BCUT2D eigenvalue weighted by atomic mass is 35.5. The SMILES string of the molecule is COc1ccc(Cl)cc1C(=O)N1CCC(c2nn(C)c(=O)n2-c2ccccc2)CC1. The van der Waals surface area contributed by atoms with Crippen molar-refractivity contribution in [2.75, 3.05) is 20.2 Å². The van der Waals surface area contributed by atoms with Crippen LogP contribution in [0.15, 0.2) is 53.3 Å². The summed E-state index contributed by atoms with van der Waals surface area (Å²) in [5.74, 6) is 1.23. The second kappa shape index (κ2) is 8.36. The number of ether oxygens (including phenoxy) is 1. The van der Waals surface area contributed by atoms with Crippen molar-refractivity contribution in [3.8, 4) is 11.4 Å². The number of hydrogen-bond donors (Lipinski definition) is 0. The molecule has 0 saturated carbocycles. The van der Waals surface area contributed by atoms with E-state index >= 15 is 0 Å². The highest BCUT2D eigenvalue weighted by Crippen LogP contribution is 2.30. The molecule has 1 amide bonds. The molecule has 1 aromatic heterocycles. The fourth-order valence-electron chi connectivity index (χ4n) is 3.93.